The van der Waals surface area contributed by atoms with E-state index in [4.69, 9.17) is 9.47 Å². The zero-order valence-electron chi connectivity index (χ0n) is 11.4. The van der Waals surface area contributed by atoms with Gasteiger partial charge in [0, 0.05) is 12.0 Å². The Morgan fingerprint density at radius 2 is 2.26 bits per heavy atom. The van der Waals surface area contributed by atoms with E-state index < -0.39 is 6.10 Å². The van der Waals surface area contributed by atoms with E-state index in [1.54, 1.807) is 0 Å². The molecule has 3 aliphatic rings. The Bertz CT molecular complexity index is 467. The van der Waals surface area contributed by atoms with Crippen LogP contribution in [0, 0.1) is 5.92 Å². The molecule has 2 aliphatic heterocycles. The van der Waals surface area contributed by atoms with E-state index in [2.05, 4.69) is 13.5 Å². The number of hydrogen-bond donors (Lipinski definition) is 1. The molecule has 2 heterocycles. The molecule has 2 fully saturated rings. The summed E-state index contributed by atoms with van der Waals surface area (Å²) in [5.74, 6) is -0.734. The molecular formula is C15H20O4. The molecule has 5 atom stereocenters. The van der Waals surface area contributed by atoms with Crippen LogP contribution in [0.1, 0.15) is 33.1 Å². The Morgan fingerprint density at radius 1 is 1.53 bits per heavy atom. The number of epoxide rings is 1. The lowest BCUT2D eigenvalue weighted by Crippen LogP contribution is -2.32. The molecule has 0 saturated carbocycles. The van der Waals surface area contributed by atoms with Crippen molar-refractivity contribution in [2.45, 2.75) is 57.0 Å². The molecule has 3 rings (SSSR count). The number of allylic oxidation sites excluding steroid dienone is 1. The second-order valence-electron chi connectivity index (χ2n) is 6.16. The van der Waals surface area contributed by atoms with Crippen LogP contribution >= 0.6 is 0 Å². The maximum atomic E-state index is 11.7. The van der Waals surface area contributed by atoms with Gasteiger partial charge in [-0.25, -0.2) is 4.79 Å². The highest BCUT2D eigenvalue weighted by molar-refractivity contribution is 5.91. The van der Waals surface area contributed by atoms with Gasteiger partial charge in [-0.1, -0.05) is 18.2 Å². The summed E-state index contributed by atoms with van der Waals surface area (Å²) < 4.78 is 11.1. The Hall–Kier alpha value is -1.13. The van der Waals surface area contributed by atoms with Crippen LogP contribution in [-0.4, -0.2) is 35.0 Å². The Balaban J connectivity index is 1.92. The summed E-state index contributed by atoms with van der Waals surface area (Å²) >= 11 is 0. The summed E-state index contributed by atoms with van der Waals surface area (Å²) in [6, 6.07) is 0. The van der Waals surface area contributed by atoms with E-state index in [0.717, 1.165) is 18.4 Å². The predicted octanol–water partition coefficient (Wildman–Crippen LogP) is 1.73. The van der Waals surface area contributed by atoms with Gasteiger partial charge in [0.15, 0.2) is 0 Å². The van der Waals surface area contributed by atoms with Crippen LogP contribution < -0.4 is 0 Å². The number of esters is 1. The Morgan fingerprint density at radius 3 is 3.00 bits per heavy atom. The first-order valence-corrected chi connectivity index (χ1v) is 6.84. The molecule has 0 amide bonds. The zero-order valence-corrected chi connectivity index (χ0v) is 11.4. The van der Waals surface area contributed by atoms with Crippen LogP contribution in [0.25, 0.3) is 0 Å². The first-order chi connectivity index (χ1) is 8.90. The summed E-state index contributed by atoms with van der Waals surface area (Å²) in [7, 11) is 0. The molecule has 4 heteroatoms. The average Bonchev–Trinajstić information content (AvgIpc) is 2.87. The van der Waals surface area contributed by atoms with Gasteiger partial charge < -0.3 is 14.6 Å². The van der Waals surface area contributed by atoms with E-state index in [1.807, 2.05) is 13.0 Å². The summed E-state index contributed by atoms with van der Waals surface area (Å²) in [6.45, 7) is 7.83. The lowest BCUT2D eigenvalue weighted by molar-refractivity contribution is -0.140. The first-order valence-electron chi connectivity index (χ1n) is 6.84. The van der Waals surface area contributed by atoms with Crippen molar-refractivity contribution in [2.24, 2.45) is 5.92 Å². The van der Waals surface area contributed by atoms with Gasteiger partial charge >= 0.3 is 5.97 Å². The predicted molar refractivity (Wildman–Crippen MR) is 69.4 cm³/mol. The SMILES string of the molecule is C=C1C(=O)O[C@H]2C[C@@]3(C)O[C@@H]3CC/C(C)=C\[C@@H](O)[C@H]12. The fourth-order valence-corrected chi connectivity index (χ4v) is 3.31. The molecule has 0 aromatic heterocycles. The van der Waals surface area contributed by atoms with Crippen molar-refractivity contribution in [3.05, 3.63) is 23.8 Å². The van der Waals surface area contributed by atoms with Gasteiger partial charge in [-0.05, 0) is 26.7 Å². The van der Waals surface area contributed by atoms with Crippen molar-refractivity contribution in [3.63, 3.8) is 0 Å². The quantitative estimate of drug-likeness (QED) is 0.313. The number of rotatable bonds is 0. The van der Waals surface area contributed by atoms with Gasteiger partial charge in [-0.2, -0.15) is 0 Å². The summed E-state index contributed by atoms with van der Waals surface area (Å²) in [4.78, 5) is 11.7. The molecule has 4 nitrogen and oxygen atoms in total. The minimum atomic E-state index is -0.706. The van der Waals surface area contributed by atoms with Crippen molar-refractivity contribution in [3.8, 4) is 0 Å². The van der Waals surface area contributed by atoms with Crippen LogP contribution in [0.15, 0.2) is 23.8 Å². The second kappa shape index (κ2) is 4.18. The van der Waals surface area contributed by atoms with Crippen molar-refractivity contribution in [1.29, 1.82) is 0 Å². The molecule has 0 aromatic carbocycles. The standard InChI is InChI=1S/C15H20O4/c1-8-4-5-12-15(3,19-12)7-11-13(10(16)6-8)9(2)14(17)18-11/h6,10-13,16H,2,4-5,7H2,1,3H3/b8-6-/t10-,11+,12-,13+,15-/m1/s1. The summed E-state index contributed by atoms with van der Waals surface area (Å²) in [5, 5.41) is 10.3. The largest absolute Gasteiger partial charge is 0.458 e. The maximum absolute atomic E-state index is 11.7. The minimum absolute atomic E-state index is 0.217. The molecule has 0 bridgehead atoms. The summed E-state index contributed by atoms with van der Waals surface area (Å²) in [6.07, 6.45) is 3.54. The highest BCUT2D eigenvalue weighted by Gasteiger charge is 2.56. The third-order valence-corrected chi connectivity index (χ3v) is 4.59. The maximum Gasteiger partial charge on any atom is 0.334 e. The number of hydrogen-bond acceptors (Lipinski definition) is 4. The lowest BCUT2D eigenvalue weighted by atomic mass is 9.83. The minimum Gasteiger partial charge on any atom is -0.458 e. The highest BCUT2D eigenvalue weighted by atomic mass is 16.6. The lowest BCUT2D eigenvalue weighted by Gasteiger charge is -2.24. The zero-order chi connectivity index (χ0) is 13.8. The normalized spacial score (nSPS) is 48.7. The van der Waals surface area contributed by atoms with Gasteiger partial charge in [0.05, 0.1) is 23.7 Å². The molecule has 0 spiro atoms. The number of carbonyl (C=O) groups is 1. The van der Waals surface area contributed by atoms with Crippen molar-refractivity contribution < 1.29 is 19.4 Å². The van der Waals surface area contributed by atoms with Crippen molar-refractivity contribution in [1.82, 2.24) is 0 Å². The van der Waals surface area contributed by atoms with Crippen LogP contribution in [0.4, 0.5) is 0 Å². The van der Waals surface area contributed by atoms with E-state index in [1.165, 1.54) is 0 Å². The van der Waals surface area contributed by atoms with Crippen LogP contribution in [0.3, 0.4) is 0 Å². The smallest absolute Gasteiger partial charge is 0.334 e. The summed E-state index contributed by atoms with van der Waals surface area (Å²) in [5.41, 5.74) is 1.28. The van der Waals surface area contributed by atoms with Crippen molar-refractivity contribution in [2.75, 3.05) is 0 Å². The molecule has 0 unspecified atom stereocenters. The fourth-order valence-electron chi connectivity index (χ4n) is 3.31. The van der Waals surface area contributed by atoms with Gasteiger partial charge in [0.1, 0.15) is 6.10 Å². The molecule has 104 valence electrons. The van der Waals surface area contributed by atoms with Gasteiger partial charge in [0.2, 0.25) is 0 Å². The molecule has 19 heavy (non-hydrogen) atoms. The second-order valence-corrected chi connectivity index (χ2v) is 6.16. The fraction of sp³-hybridized carbons (Fsp3) is 0.667. The topological polar surface area (TPSA) is 59.1 Å². The van der Waals surface area contributed by atoms with E-state index in [9.17, 15) is 9.90 Å². The molecule has 1 aliphatic carbocycles. The third kappa shape index (κ3) is 2.13. The van der Waals surface area contributed by atoms with E-state index in [0.29, 0.717) is 12.0 Å². The number of fused-ring (bicyclic) bond motifs is 2. The number of aliphatic hydroxyl groups excluding tert-OH is 1. The molecule has 2 saturated heterocycles. The number of aliphatic hydroxyl groups is 1. The van der Waals surface area contributed by atoms with Crippen LogP contribution in [0.2, 0.25) is 0 Å². The number of ether oxygens (including phenoxy) is 2. The molecular weight excluding hydrogens is 244 g/mol. The molecule has 1 N–H and O–H groups in total. The highest BCUT2D eigenvalue weighted by Crippen LogP contribution is 2.47. The monoisotopic (exact) mass is 264 g/mol. The molecule has 0 radical (unpaired) electrons. The van der Waals surface area contributed by atoms with Crippen LogP contribution in [0.5, 0.6) is 0 Å². The van der Waals surface area contributed by atoms with E-state index >= 15 is 0 Å². The average molecular weight is 264 g/mol. The third-order valence-electron chi connectivity index (χ3n) is 4.59. The Labute approximate surface area is 113 Å². The molecule has 0 aromatic rings. The van der Waals surface area contributed by atoms with Gasteiger partial charge in [-0.15, -0.1) is 0 Å². The van der Waals surface area contributed by atoms with Gasteiger partial charge in [0.25, 0.3) is 0 Å². The first kappa shape index (κ1) is 12.9. The Kier molecular flexibility index (Phi) is 2.84. The number of carbonyl (C=O) groups excluding carboxylic acids is 1. The van der Waals surface area contributed by atoms with Gasteiger partial charge in [-0.3, -0.25) is 0 Å². The van der Waals surface area contributed by atoms with Crippen molar-refractivity contribution >= 4 is 5.97 Å². The van der Waals surface area contributed by atoms with E-state index in [-0.39, 0.29) is 29.7 Å². The van der Waals surface area contributed by atoms with Crippen LogP contribution in [-0.2, 0) is 14.3 Å².